The Balaban J connectivity index is 1.72. The Hall–Kier alpha value is -4.02. The Kier molecular flexibility index (Phi) is 7.47. The van der Waals surface area contributed by atoms with Gasteiger partial charge < -0.3 is 10.1 Å². The van der Waals surface area contributed by atoms with E-state index in [-0.39, 0.29) is 11.5 Å². The van der Waals surface area contributed by atoms with Gasteiger partial charge in [-0.2, -0.15) is 5.26 Å². The van der Waals surface area contributed by atoms with Gasteiger partial charge in [0.25, 0.3) is 5.91 Å². The zero-order chi connectivity index (χ0) is 25.8. The summed E-state index contributed by atoms with van der Waals surface area (Å²) in [5, 5.41) is 12.7. The van der Waals surface area contributed by atoms with Crippen LogP contribution in [0.2, 0.25) is 0 Å². The average molecular weight is 498 g/mol. The first-order chi connectivity index (χ1) is 17.3. The fourth-order valence-electron chi connectivity index (χ4n) is 3.89. The molecule has 36 heavy (non-hydrogen) atoms. The zero-order valence-electron chi connectivity index (χ0n) is 20.7. The molecule has 1 aliphatic heterocycles. The molecule has 1 atom stereocenters. The van der Waals surface area contributed by atoms with Crippen LogP contribution in [-0.4, -0.2) is 24.2 Å². The Bertz CT molecular complexity index is 1370. The van der Waals surface area contributed by atoms with E-state index in [1.54, 1.807) is 19.2 Å². The van der Waals surface area contributed by atoms with Crippen LogP contribution in [0.15, 0.2) is 77.3 Å². The third-order valence-electron chi connectivity index (χ3n) is 6.14. The number of carbonyl (C=O) groups excluding carboxylic acids is 2. The van der Waals surface area contributed by atoms with Crippen LogP contribution in [0.25, 0.3) is 0 Å². The minimum absolute atomic E-state index is 0.0932. The van der Waals surface area contributed by atoms with Crippen molar-refractivity contribution in [3.63, 3.8) is 0 Å². The maximum absolute atomic E-state index is 13.7. The maximum atomic E-state index is 13.7. The first kappa shape index (κ1) is 25.1. The Morgan fingerprint density at radius 3 is 2.33 bits per heavy atom. The van der Waals surface area contributed by atoms with Gasteiger partial charge in [0.2, 0.25) is 5.91 Å². The molecule has 182 valence electrons. The quantitative estimate of drug-likeness (QED) is 0.350. The van der Waals surface area contributed by atoms with E-state index in [4.69, 9.17) is 4.74 Å². The van der Waals surface area contributed by atoms with Gasteiger partial charge in [-0.1, -0.05) is 47.7 Å². The first-order valence-electron chi connectivity index (χ1n) is 11.5. The van der Waals surface area contributed by atoms with E-state index in [2.05, 4.69) is 11.4 Å². The molecule has 4 rings (SSSR count). The smallest absolute Gasteiger partial charge is 0.269 e. The second-order valence-corrected chi connectivity index (χ2v) is 9.90. The number of aryl methyl sites for hydroxylation is 3. The van der Waals surface area contributed by atoms with Gasteiger partial charge in [0.15, 0.2) is 0 Å². The molecule has 0 bridgehead atoms. The van der Waals surface area contributed by atoms with Crippen molar-refractivity contribution in [2.24, 2.45) is 0 Å². The lowest BCUT2D eigenvalue weighted by molar-refractivity contribution is -0.117. The molecule has 1 heterocycles. The van der Waals surface area contributed by atoms with Gasteiger partial charge in [0.1, 0.15) is 22.4 Å². The predicted molar refractivity (Wildman–Crippen MR) is 144 cm³/mol. The van der Waals surface area contributed by atoms with Crippen LogP contribution >= 0.6 is 11.8 Å². The Labute approximate surface area is 215 Å². The van der Waals surface area contributed by atoms with E-state index >= 15 is 0 Å². The maximum Gasteiger partial charge on any atom is 0.269 e. The number of hydrogen-bond donors (Lipinski definition) is 1. The number of nitrogens with zero attached hydrogens (tertiary/aromatic N) is 2. The Morgan fingerprint density at radius 1 is 1.03 bits per heavy atom. The number of ether oxygens (including phenoxy) is 1. The lowest BCUT2D eigenvalue weighted by atomic mass is 10.1. The molecule has 1 fully saturated rings. The van der Waals surface area contributed by atoms with Gasteiger partial charge in [-0.05, 0) is 80.3 Å². The number of nitriles is 1. The standard InChI is InChI=1S/C29H27N3O3S/c1-18-5-10-22(11-6-18)31-27(33)25(17-30)29-32(23-12-7-19(2)20(3)15-23)28(34)26(36-29)16-21-8-13-24(35-4)14-9-21/h5-15,26H,16H2,1-4H3,(H,31,33)/b29-25-/t26-/m0/s1. The number of nitrogens with one attached hydrogen (secondary N) is 1. The number of amides is 2. The highest BCUT2D eigenvalue weighted by atomic mass is 32.2. The molecule has 1 aliphatic rings. The monoisotopic (exact) mass is 497 g/mol. The van der Waals surface area contributed by atoms with Crippen molar-refractivity contribution < 1.29 is 14.3 Å². The minimum Gasteiger partial charge on any atom is -0.497 e. The average Bonchev–Trinajstić information content (AvgIpc) is 3.18. The summed E-state index contributed by atoms with van der Waals surface area (Å²) in [7, 11) is 1.61. The van der Waals surface area contributed by atoms with E-state index in [1.807, 2.05) is 75.4 Å². The molecule has 1 saturated heterocycles. The summed E-state index contributed by atoms with van der Waals surface area (Å²) in [6.07, 6.45) is 0.455. The van der Waals surface area contributed by atoms with Crippen LogP contribution in [0.5, 0.6) is 5.75 Å². The number of hydrogen-bond acceptors (Lipinski definition) is 5. The van der Waals surface area contributed by atoms with Crippen LogP contribution in [-0.2, 0) is 16.0 Å². The minimum atomic E-state index is -0.546. The molecule has 1 N–H and O–H groups in total. The van der Waals surface area contributed by atoms with Crippen molar-refractivity contribution in [1.29, 1.82) is 5.26 Å². The molecule has 2 amide bonds. The molecule has 0 saturated carbocycles. The number of thioether (sulfide) groups is 1. The van der Waals surface area contributed by atoms with Gasteiger partial charge >= 0.3 is 0 Å². The van der Waals surface area contributed by atoms with Crippen molar-refractivity contribution in [3.8, 4) is 11.8 Å². The van der Waals surface area contributed by atoms with E-state index < -0.39 is 11.2 Å². The highest BCUT2D eigenvalue weighted by Gasteiger charge is 2.41. The molecule has 3 aromatic rings. The summed E-state index contributed by atoms with van der Waals surface area (Å²) < 4.78 is 5.23. The lowest BCUT2D eigenvalue weighted by Crippen LogP contribution is -2.31. The molecule has 0 radical (unpaired) electrons. The summed E-state index contributed by atoms with van der Waals surface area (Å²) in [4.78, 5) is 28.4. The lowest BCUT2D eigenvalue weighted by Gasteiger charge is -2.20. The van der Waals surface area contributed by atoms with Crippen LogP contribution < -0.4 is 15.0 Å². The van der Waals surface area contributed by atoms with Crippen molar-refractivity contribution >= 4 is 35.0 Å². The number of anilines is 2. The van der Waals surface area contributed by atoms with Crippen molar-refractivity contribution in [2.75, 3.05) is 17.3 Å². The highest BCUT2D eigenvalue weighted by molar-refractivity contribution is 8.05. The van der Waals surface area contributed by atoms with Gasteiger partial charge in [0.05, 0.1) is 12.4 Å². The number of carbonyl (C=O) groups is 2. The topological polar surface area (TPSA) is 82.4 Å². The van der Waals surface area contributed by atoms with Crippen molar-refractivity contribution in [2.45, 2.75) is 32.4 Å². The van der Waals surface area contributed by atoms with E-state index in [9.17, 15) is 14.9 Å². The summed E-state index contributed by atoms with van der Waals surface area (Å²) in [6.45, 7) is 5.93. The molecule has 0 unspecified atom stereocenters. The summed E-state index contributed by atoms with van der Waals surface area (Å²) >= 11 is 1.25. The summed E-state index contributed by atoms with van der Waals surface area (Å²) in [5.41, 5.74) is 5.27. The highest BCUT2D eigenvalue weighted by Crippen LogP contribution is 2.42. The molecule has 3 aromatic carbocycles. The molecule has 0 aromatic heterocycles. The second kappa shape index (κ2) is 10.7. The molecule has 0 spiro atoms. The van der Waals surface area contributed by atoms with Gasteiger partial charge in [0, 0.05) is 11.4 Å². The number of rotatable bonds is 6. The molecule has 0 aliphatic carbocycles. The predicted octanol–water partition coefficient (Wildman–Crippen LogP) is 5.69. The number of methoxy groups -OCH3 is 1. The third-order valence-corrected chi connectivity index (χ3v) is 7.41. The van der Waals surface area contributed by atoms with Gasteiger partial charge in [-0.25, -0.2) is 0 Å². The zero-order valence-corrected chi connectivity index (χ0v) is 21.5. The Morgan fingerprint density at radius 2 is 1.72 bits per heavy atom. The normalized spacial score (nSPS) is 16.5. The fraction of sp³-hybridized carbons (Fsp3) is 0.207. The van der Waals surface area contributed by atoms with Crippen LogP contribution in [0.3, 0.4) is 0 Å². The fourth-order valence-corrected chi connectivity index (χ4v) is 5.20. The largest absolute Gasteiger partial charge is 0.497 e. The van der Waals surface area contributed by atoms with Gasteiger partial charge in [-0.3, -0.25) is 14.5 Å². The third kappa shape index (κ3) is 5.29. The molecule has 6 nitrogen and oxygen atoms in total. The van der Waals surface area contributed by atoms with E-state index in [1.165, 1.54) is 16.7 Å². The van der Waals surface area contributed by atoms with Crippen LogP contribution in [0.4, 0.5) is 11.4 Å². The summed E-state index contributed by atoms with van der Waals surface area (Å²) in [6, 6.07) is 22.6. The molecular weight excluding hydrogens is 470 g/mol. The molecule has 7 heteroatoms. The molecular formula is C29H27N3O3S. The number of benzene rings is 3. The van der Waals surface area contributed by atoms with Gasteiger partial charge in [-0.15, -0.1) is 0 Å². The first-order valence-corrected chi connectivity index (χ1v) is 12.4. The summed E-state index contributed by atoms with van der Waals surface area (Å²) in [5.74, 6) is 0.0292. The van der Waals surface area contributed by atoms with Crippen LogP contribution in [0.1, 0.15) is 22.3 Å². The second-order valence-electron chi connectivity index (χ2n) is 8.71. The van der Waals surface area contributed by atoms with Crippen molar-refractivity contribution in [1.82, 2.24) is 0 Å². The van der Waals surface area contributed by atoms with Crippen molar-refractivity contribution in [3.05, 3.63) is 99.6 Å². The van der Waals surface area contributed by atoms with Crippen LogP contribution in [0, 0.1) is 32.1 Å². The SMILES string of the molecule is COc1ccc(C[C@@H]2S/C(=C(/C#N)C(=O)Nc3ccc(C)cc3)N(c3ccc(C)c(C)c3)C2=O)cc1. The van der Waals surface area contributed by atoms with E-state index in [0.29, 0.717) is 22.8 Å². The van der Waals surface area contributed by atoms with E-state index in [0.717, 1.165) is 28.0 Å².